The van der Waals surface area contributed by atoms with Gasteiger partial charge in [0.2, 0.25) is 0 Å². The molecule has 1 aliphatic heterocycles. The van der Waals surface area contributed by atoms with Crippen LogP contribution in [0.3, 0.4) is 0 Å². The summed E-state index contributed by atoms with van der Waals surface area (Å²) in [6, 6.07) is 4.89. The molecule has 3 rings (SSSR count). The minimum absolute atomic E-state index is 0.176. The van der Waals surface area contributed by atoms with E-state index in [9.17, 15) is 0 Å². The maximum absolute atomic E-state index is 6.21. The molecule has 1 heterocycles. The normalized spacial score (nSPS) is 27.5. The molecule has 1 fully saturated rings. The van der Waals surface area contributed by atoms with Crippen molar-refractivity contribution in [3.8, 4) is 5.75 Å². The van der Waals surface area contributed by atoms with E-state index in [4.69, 9.17) is 27.9 Å². The van der Waals surface area contributed by atoms with Crippen molar-refractivity contribution in [1.29, 1.82) is 0 Å². The number of fused-ring (bicyclic) bond motifs is 1. The third-order valence-corrected chi connectivity index (χ3v) is 4.14. The fraction of sp³-hybridized carbons (Fsp3) is 0.538. The fourth-order valence-corrected chi connectivity index (χ4v) is 2.71. The van der Waals surface area contributed by atoms with Crippen molar-refractivity contribution in [3.63, 3.8) is 0 Å². The third kappa shape index (κ3) is 2.26. The molecule has 2 atom stereocenters. The van der Waals surface area contributed by atoms with Crippen LogP contribution in [0.2, 0.25) is 10.0 Å². The lowest BCUT2D eigenvalue weighted by atomic mass is 9.97. The van der Waals surface area contributed by atoms with Crippen LogP contribution in [0.5, 0.6) is 5.75 Å². The predicted octanol–water partition coefficient (Wildman–Crippen LogP) is 3.96. The first-order chi connectivity index (χ1) is 8.15. The van der Waals surface area contributed by atoms with Crippen LogP contribution in [0.15, 0.2) is 12.1 Å². The van der Waals surface area contributed by atoms with Crippen LogP contribution in [0.25, 0.3) is 0 Å². The largest absolute Gasteiger partial charge is 0.489 e. The molecule has 1 saturated carbocycles. The molecule has 1 aromatic rings. The maximum Gasteiger partial charge on any atom is 0.144 e. The average Bonchev–Trinajstić information content (AvgIpc) is 3.08. The number of hydrogen-bond acceptors (Lipinski definition) is 2. The van der Waals surface area contributed by atoms with E-state index in [-0.39, 0.29) is 6.10 Å². The topological polar surface area (TPSA) is 21.3 Å². The predicted molar refractivity (Wildman–Crippen MR) is 70.1 cm³/mol. The quantitative estimate of drug-likeness (QED) is 0.879. The van der Waals surface area contributed by atoms with E-state index in [0.29, 0.717) is 22.1 Å². The van der Waals surface area contributed by atoms with Gasteiger partial charge in [0.25, 0.3) is 0 Å². The van der Waals surface area contributed by atoms with Gasteiger partial charge in [-0.05, 0) is 25.8 Å². The van der Waals surface area contributed by atoms with Crippen LogP contribution in [0.1, 0.15) is 37.8 Å². The van der Waals surface area contributed by atoms with Gasteiger partial charge in [-0.1, -0.05) is 29.3 Å². The number of rotatable bonds is 2. The smallest absolute Gasteiger partial charge is 0.144 e. The molecule has 2 unspecified atom stereocenters. The molecule has 92 valence electrons. The molecule has 0 aromatic heterocycles. The Morgan fingerprint density at radius 1 is 1.29 bits per heavy atom. The molecule has 1 aliphatic carbocycles. The minimum Gasteiger partial charge on any atom is -0.489 e. The van der Waals surface area contributed by atoms with Gasteiger partial charge in [-0.2, -0.15) is 0 Å². The van der Waals surface area contributed by atoms with Crippen molar-refractivity contribution in [1.82, 2.24) is 5.32 Å². The molecule has 2 aliphatic rings. The third-order valence-electron chi connectivity index (χ3n) is 3.36. The first-order valence-electron chi connectivity index (χ1n) is 6.05. The number of hydrogen-bond donors (Lipinski definition) is 1. The molecular weight excluding hydrogens is 257 g/mol. The Kier molecular flexibility index (Phi) is 2.97. The van der Waals surface area contributed by atoms with Crippen molar-refractivity contribution >= 4 is 23.2 Å². The van der Waals surface area contributed by atoms with Crippen molar-refractivity contribution in [2.45, 2.75) is 44.4 Å². The van der Waals surface area contributed by atoms with Gasteiger partial charge >= 0.3 is 0 Å². The highest BCUT2D eigenvalue weighted by Crippen LogP contribution is 2.43. The van der Waals surface area contributed by atoms with Crippen molar-refractivity contribution in [3.05, 3.63) is 27.7 Å². The molecule has 0 radical (unpaired) electrons. The molecule has 4 heteroatoms. The van der Waals surface area contributed by atoms with E-state index < -0.39 is 0 Å². The van der Waals surface area contributed by atoms with Crippen molar-refractivity contribution in [2.24, 2.45) is 0 Å². The van der Waals surface area contributed by atoms with Gasteiger partial charge in [0, 0.05) is 24.1 Å². The molecule has 0 spiro atoms. The molecule has 0 saturated heterocycles. The molecule has 0 amide bonds. The molecule has 17 heavy (non-hydrogen) atoms. The highest BCUT2D eigenvalue weighted by atomic mass is 35.5. The first-order valence-corrected chi connectivity index (χ1v) is 6.81. The number of halogens is 2. The van der Waals surface area contributed by atoms with E-state index >= 15 is 0 Å². The van der Waals surface area contributed by atoms with Crippen LogP contribution in [0.4, 0.5) is 0 Å². The van der Waals surface area contributed by atoms with Crippen LogP contribution >= 0.6 is 23.2 Å². The summed E-state index contributed by atoms with van der Waals surface area (Å²) in [7, 11) is 0. The number of nitrogens with one attached hydrogen (secondary N) is 1. The summed E-state index contributed by atoms with van der Waals surface area (Å²) in [6.45, 7) is 2.07. The molecule has 1 N–H and O–H groups in total. The minimum atomic E-state index is 0.176. The van der Waals surface area contributed by atoms with Gasteiger partial charge in [0.05, 0.1) is 11.1 Å². The summed E-state index contributed by atoms with van der Waals surface area (Å²) in [5.74, 6) is 0.760. The van der Waals surface area contributed by atoms with E-state index in [1.165, 1.54) is 12.8 Å². The summed E-state index contributed by atoms with van der Waals surface area (Å²) in [6.07, 6.45) is 3.72. The summed E-state index contributed by atoms with van der Waals surface area (Å²) in [5, 5.41) is 4.74. The highest BCUT2D eigenvalue weighted by molar-refractivity contribution is 6.43. The van der Waals surface area contributed by atoms with Gasteiger partial charge in [0.15, 0.2) is 0 Å². The molecule has 0 bridgehead atoms. The lowest BCUT2D eigenvalue weighted by Gasteiger charge is -2.32. The summed E-state index contributed by atoms with van der Waals surface area (Å²) in [5.41, 5.74) is 1.14. The van der Waals surface area contributed by atoms with E-state index in [2.05, 4.69) is 12.2 Å². The highest BCUT2D eigenvalue weighted by Gasteiger charge is 2.32. The number of ether oxygens (including phenoxy) is 1. The van der Waals surface area contributed by atoms with Crippen LogP contribution in [-0.2, 0) is 0 Å². The van der Waals surface area contributed by atoms with E-state index in [1.807, 2.05) is 12.1 Å². The van der Waals surface area contributed by atoms with Gasteiger partial charge in [-0.15, -0.1) is 0 Å². The summed E-state index contributed by atoms with van der Waals surface area (Å²) >= 11 is 12.2. The zero-order valence-corrected chi connectivity index (χ0v) is 11.2. The second-order valence-electron chi connectivity index (χ2n) is 4.94. The van der Waals surface area contributed by atoms with Crippen LogP contribution < -0.4 is 10.1 Å². The lowest BCUT2D eigenvalue weighted by Crippen LogP contribution is -2.32. The van der Waals surface area contributed by atoms with Crippen molar-refractivity contribution in [2.75, 3.05) is 0 Å². The zero-order valence-electron chi connectivity index (χ0n) is 9.67. The Balaban J connectivity index is 1.97. The Morgan fingerprint density at radius 2 is 2.06 bits per heavy atom. The summed E-state index contributed by atoms with van der Waals surface area (Å²) in [4.78, 5) is 0. The van der Waals surface area contributed by atoms with Gasteiger partial charge in [-0.3, -0.25) is 0 Å². The Morgan fingerprint density at radius 3 is 2.76 bits per heavy atom. The van der Waals surface area contributed by atoms with Gasteiger partial charge in [-0.25, -0.2) is 0 Å². The van der Waals surface area contributed by atoms with E-state index in [1.54, 1.807) is 0 Å². The SMILES string of the molecule is CC1CC(NC2CC2)c2ccc(Cl)c(Cl)c2O1. The first kappa shape index (κ1) is 11.6. The maximum atomic E-state index is 6.21. The monoisotopic (exact) mass is 271 g/mol. The molecule has 1 aromatic carbocycles. The zero-order chi connectivity index (χ0) is 12.0. The van der Waals surface area contributed by atoms with E-state index in [0.717, 1.165) is 17.7 Å². The Labute approximate surface area is 111 Å². The number of benzene rings is 1. The average molecular weight is 272 g/mol. The van der Waals surface area contributed by atoms with Crippen LogP contribution in [-0.4, -0.2) is 12.1 Å². The Hall–Kier alpha value is -0.440. The van der Waals surface area contributed by atoms with Crippen molar-refractivity contribution < 1.29 is 4.74 Å². The van der Waals surface area contributed by atoms with Crippen LogP contribution in [0, 0.1) is 0 Å². The molecular formula is C13H15Cl2NO. The van der Waals surface area contributed by atoms with Gasteiger partial charge < -0.3 is 10.1 Å². The summed E-state index contributed by atoms with van der Waals surface area (Å²) < 4.78 is 5.82. The fourth-order valence-electron chi connectivity index (χ4n) is 2.34. The standard InChI is InChI=1S/C13H15Cl2NO/c1-7-6-11(16-8-2-3-8)9-4-5-10(14)12(15)13(9)17-7/h4-5,7-8,11,16H,2-3,6H2,1H3. The van der Waals surface area contributed by atoms with Gasteiger partial charge in [0.1, 0.15) is 10.8 Å². The second kappa shape index (κ2) is 4.34. The molecule has 2 nitrogen and oxygen atoms in total. The Bertz CT molecular complexity index is 445. The second-order valence-corrected chi connectivity index (χ2v) is 5.72. The lowest BCUT2D eigenvalue weighted by molar-refractivity contribution is 0.166.